The molecule has 1 saturated heterocycles. The molecule has 1 amide bonds. The summed E-state index contributed by atoms with van der Waals surface area (Å²) >= 11 is 6.28. The molecule has 0 bridgehead atoms. The predicted octanol–water partition coefficient (Wildman–Crippen LogP) is 5.00. The first-order valence-corrected chi connectivity index (χ1v) is 11.1. The molecule has 1 aliphatic heterocycles. The molecule has 3 aromatic carbocycles. The lowest BCUT2D eigenvalue weighted by atomic mass is 9.95. The number of methoxy groups -OCH3 is 2. The summed E-state index contributed by atoms with van der Waals surface area (Å²) in [6, 6.07) is 14.1. The average molecular weight is 508 g/mol. The normalized spacial score (nSPS) is 17.1. The summed E-state index contributed by atoms with van der Waals surface area (Å²) in [4.78, 5) is 35.3. The number of aliphatic hydroxyl groups excluding tert-OH is 1. The van der Waals surface area contributed by atoms with Gasteiger partial charge in [-0.1, -0.05) is 35.9 Å². The van der Waals surface area contributed by atoms with Crippen molar-refractivity contribution in [2.45, 2.75) is 6.04 Å². The number of hydrogen-bond donors (Lipinski definition) is 2. The molecule has 182 valence electrons. The fraction of sp³-hybridized carbons (Fsp3) is 0.115. The molecule has 0 saturated carbocycles. The topological polar surface area (TPSA) is 105 Å². The number of benzene rings is 3. The second-order valence-electron chi connectivity index (χ2n) is 7.99. The Labute approximate surface area is 209 Å². The van der Waals surface area contributed by atoms with Gasteiger partial charge in [0.25, 0.3) is 5.78 Å². The van der Waals surface area contributed by atoms with E-state index in [1.807, 2.05) is 0 Å². The van der Waals surface area contributed by atoms with E-state index in [2.05, 4.69) is 9.97 Å². The number of aromatic nitrogens is 2. The highest BCUT2D eigenvalue weighted by atomic mass is 35.5. The Balaban J connectivity index is 1.76. The van der Waals surface area contributed by atoms with Gasteiger partial charge in [-0.25, -0.2) is 9.37 Å². The number of amides is 1. The molecule has 1 aliphatic rings. The van der Waals surface area contributed by atoms with E-state index >= 15 is 0 Å². The number of ether oxygens (including phenoxy) is 2. The number of carbonyl (C=O) groups excluding carboxylic acids is 2. The molecule has 1 aromatic heterocycles. The Hall–Kier alpha value is -4.37. The maximum absolute atomic E-state index is 13.8. The molecule has 2 heterocycles. The standard InChI is InChI=1S/C26H19ClFN3O5/c1-35-19-12-20(36-2)16(27)11-15(19)23(32)21-22(13-7-9-14(28)10-8-13)31(25(34)24(21)33)26-29-17-5-3-4-6-18(17)30-26/h3-12,22,32H,1-2H3,(H,29,30)/b23-21+. The van der Waals surface area contributed by atoms with Crippen LogP contribution in [0.1, 0.15) is 17.2 Å². The number of anilines is 1. The number of aliphatic hydroxyl groups is 1. The van der Waals surface area contributed by atoms with Crippen molar-refractivity contribution < 1.29 is 28.6 Å². The van der Waals surface area contributed by atoms with Gasteiger partial charge in [0.05, 0.1) is 47.5 Å². The number of halogens is 2. The first-order valence-electron chi connectivity index (χ1n) is 10.8. The van der Waals surface area contributed by atoms with Crippen molar-refractivity contribution >= 4 is 46.0 Å². The van der Waals surface area contributed by atoms with Crippen LogP contribution >= 0.6 is 11.6 Å². The summed E-state index contributed by atoms with van der Waals surface area (Å²) in [6.45, 7) is 0. The van der Waals surface area contributed by atoms with E-state index in [0.717, 1.165) is 4.90 Å². The van der Waals surface area contributed by atoms with Gasteiger partial charge in [0.15, 0.2) is 0 Å². The largest absolute Gasteiger partial charge is 0.507 e. The monoisotopic (exact) mass is 507 g/mol. The second-order valence-corrected chi connectivity index (χ2v) is 8.39. The summed E-state index contributed by atoms with van der Waals surface area (Å²) in [5.41, 5.74) is 1.47. The summed E-state index contributed by atoms with van der Waals surface area (Å²) in [6.07, 6.45) is 0. The van der Waals surface area contributed by atoms with Crippen LogP contribution in [0.25, 0.3) is 16.8 Å². The number of para-hydroxylation sites is 2. The van der Waals surface area contributed by atoms with Crippen molar-refractivity contribution in [1.29, 1.82) is 0 Å². The zero-order valence-corrected chi connectivity index (χ0v) is 19.8. The van der Waals surface area contributed by atoms with Crippen LogP contribution < -0.4 is 14.4 Å². The Bertz CT molecular complexity index is 1510. The SMILES string of the molecule is COc1cc(OC)c(/C(O)=C2\C(=O)C(=O)N(c3nc4ccccc4[nH]3)C2c2ccc(F)cc2)cc1Cl. The molecule has 1 fully saturated rings. The molecular weight excluding hydrogens is 489 g/mol. The smallest absolute Gasteiger partial charge is 0.302 e. The highest BCUT2D eigenvalue weighted by Crippen LogP contribution is 2.44. The van der Waals surface area contributed by atoms with E-state index in [4.69, 9.17) is 21.1 Å². The van der Waals surface area contributed by atoms with Crippen LogP contribution in [0.2, 0.25) is 5.02 Å². The zero-order chi connectivity index (χ0) is 25.6. The van der Waals surface area contributed by atoms with E-state index in [-0.39, 0.29) is 27.9 Å². The Morgan fingerprint density at radius 3 is 2.42 bits per heavy atom. The van der Waals surface area contributed by atoms with Gasteiger partial charge in [-0.2, -0.15) is 0 Å². The minimum Gasteiger partial charge on any atom is -0.507 e. The van der Waals surface area contributed by atoms with Gasteiger partial charge in [0, 0.05) is 6.07 Å². The summed E-state index contributed by atoms with van der Waals surface area (Å²) in [7, 11) is 2.80. The quantitative estimate of drug-likeness (QED) is 0.224. The van der Waals surface area contributed by atoms with Crippen molar-refractivity contribution in [3.8, 4) is 11.5 Å². The Kier molecular flexibility index (Phi) is 5.85. The number of imidazole rings is 1. The van der Waals surface area contributed by atoms with Crippen molar-refractivity contribution in [2.24, 2.45) is 0 Å². The van der Waals surface area contributed by atoms with Crippen LogP contribution in [0, 0.1) is 5.82 Å². The minimum absolute atomic E-state index is 0.0815. The third kappa shape index (κ3) is 3.74. The number of nitrogens with zero attached hydrogens (tertiary/aromatic N) is 2. The number of Topliss-reactive ketones (excluding diaryl/α,β-unsaturated/α-hetero) is 1. The van der Waals surface area contributed by atoms with Gasteiger partial charge in [0.1, 0.15) is 23.1 Å². The molecule has 0 radical (unpaired) electrons. The van der Waals surface area contributed by atoms with Crippen molar-refractivity contribution in [2.75, 3.05) is 19.1 Å². The summed E-state index contributed by atoms with van der Waals surface area (Å²) < 4.78 is 24.3. The number of carbonyl (C=O) groups is 2. The number of H-pyrrole nitrogens is 1. The summed E-state index contributed by atoms with van der Waals surface area (Å²) in [5, 5.41) is 11.6. The number of ketones is 1. The molecule has 0 aliphatic carbocycles. The van der Waals surface area contributed by atoms with Crippen LogP contribution in [0.5, 0.6) is 11.5 Å². The van der Waals surface area contributed by atoms with Crippen molar-refractivity contribution in [1.82, 2.24) is 9.97 Å². The molecule has 10 heteroatoms. The van der Waals surface area contributed by atoms with Gasteiger partial charge in [0.2, 0.25) is 5.95 Å². The first-order chi connectivity index (χ1) is 17.3. The van der Waals surface area contributed by atoms with Gasteiger partial charge in [-0.15, -0.1) is 0 Å². The molecule has 4 aromatic rings. The highest BCUT2D eigenvalue weighted by Gasteiger charge is 2.48. The molecule has 1 atom stereocenters. The molecular formula is C26H19ClFN3O5. The number of rotatable bonds is 5. The van der Waals surface area contributed by atoms with Crippen molar-refractivity contribution in [3.63, 3.8) is 0 Å². The fourth-order valence-corrected chi connectivity index (χ4v) is 4.50. The lowest BCUT2D eigenvalue weighted by Gasteiger charge is -2.23. The fourth-order valence-electron chi connectivity index (χ4n) is 4.26. The molecule has 1 unspecified atom stereocenters. The minimum atomic E-state index is -1.11. The predicted molar refractivity (Wildman–Crippen MR) is 132 cm³/mol. The van der Waals surface area contributed by atoms with E-state index in [1.165, 1.54) is 50.6 Å². The van der Waals surface area contributed by atoms with Crippen LogP contribution in [0.3, 0.4) is 0 Å². The maximum atomic E-state index is 13.8. The van der Waals surface area contributed by atoms with Gasteiger partial charge < -0.3 is 19.6 Å². The van der Waals surface area contributed by atoms with Crippen LogP contribution in [-0.2, 0) is 9.59 Å². The van der Waals surface area contributed by atoms with E-state index in [9.17, 15) is 19.1 Å². The molecule has 2 N–H and O–H groups in total. The van der Waals surface area contributed by atoms with Gasteiger partial charge in [-0.05, 0) is 35.9 Å². The highest BCUT2D eigenvalue weighted by molar-refractivity contribution is 6.51. The van der Waals surface area contributed by atoms with Crippen molar-refractivity contribution in [3.05, 3.63) is 88.2 Å². The third-order valence-corrected chi connectivity index (χ3v) is 6.26. The average Bonchev–Trinajstić information content (AvgIpc) is 3.42. The van der Waals surface area contributed by atoms with Crippen LogP contribution in [0.15, 0.2) is 66.2 Å². The van der Waals surface area contributed by atoms with E-state index in [1.54, 1.807) is 24.3 Å². The van der Waals surface area contributed by atoms with E-state index < -0.39 is 29.3 Å². The summed E-state index contributed by atoms with van der Waals surface area (Å²) in [5.74, 6) is -2.30. The van der Waals surface area contributed by atoms with Crippen LogP contribution in [0.4, 0.5) is 10.3 Å². The van der Waals surface area contributed by atoms with E-state index in [0.29, 0.717) is 22.3 Å². The maximum Gasteiger partial charge on any atom is 0.302 e. The van der Waals surface area contributed by atoms with Gasteiger partial charge in [-0.3, -0.25) is 14.5 Å². The zero-order valence-electron chi connectivity index (χ0n) is 19.1. The lowest BCUT2D eigenvalue weighted by molar-refractivity contribution is -0.132. The molecule has 0 spiro atoms. The molecule has 36 heavy (non-hydrogen) atoms. The Morgan fingerprint density at radius 1 is 1.06 bits per heavy atom. The number of nitrogens with one attached hydrogen (secondary N) is 1. The molecule has 8 nitrogen and oxygen atoms in total. The van der Waals surface area contributed by atoms with Crippen LogP contribution in [-0.4, -0.2) is 41.0 Å². The second kappa shape index (κ2) is 9.01. The number of hydrogen-bond acceptors (Lipinski definition) is 6. The molecule has 5 rings (SSSR count). The number of aromatic amines is 1. The third-order valence-electron chi connectivity index (χ3n) is 5.96. The van der Waals surface area contributed by atoms with Gasteiger partial charge >= 0.3 is 5.91 Å². The number of fused-ring (bicyclic) bond motifs is 1. The Morgan fingerprint density at radius 2 is 1.75 bits per heavy atom. The first kappa shape index (κ1) is 23.4. The lowest BCUT2D eigenvalue weighted by Crippen LogP contribution is -2.30.